The fourth-order valence-corrected chi connectivity index (χ4v) is 2.87. The maximum absolute atomic E-state index is 12.1. The third-order valence-corrected chi connectivity index (χ3v) is 4.06. The van der Waals surface area contributed by atoms with Crippen LogP contribution in [-0.4, -0.2) is 31.6 Å². The fourth-order valence-electron chi connectivity index (χ4n) is 2.58. The summed E-state index contributed by atoms with van der Waals surface area (Å²) in [7, 11) is 0. The lowest BCUT2D eigenvalue weighted by Gasteiger charge is -2.20. The molecule has 0 aromatic heterocycles. The van der Waals surface area contributed by atoms with E-state index in [1.807, 2.05) is 0 Å². The molecule has 2 amide bonds. The Hall–Kier alpha value is -3.17. The molecule has 6 nitrogen and oxygen atoms in total. The van der Waals surface area contributed by atoms with Gasteiger partial charge in [-0.15, -0.1) is 6.42 Å². The number of ether oxygens (including phenoxy) is 2. The summed E-state index contributed by atoms with van der Waals surface area (Å²) in [6, 6.07) is 10.3. The van der Waals surface area contributed by atoms with Crippen LogP contribution in [0.5, 0.6) is 11.5 Å². The minimum atomic E-state index is -0.349. The van der Waals surface area contributed by atoms with Crippen LogP contribution in [0, 0.1) is 12.3 Å². The standard InChI is InChI=1S/C20H17ClN2O4/c1-2-13-4-3-5-15(8-13)23-19(25)12-22-18(24)11-14-9-16(21)20-17(10-14)26-6-7-27-20/h1,3-5,8-10H,6-7,11-12H2,(H,22,24)(H,23,25). The van der Waals surface area contributed by atoms with E-state index in [2.05, 4.69) is 16.6 Å². The van der Waals surface area contributed by atoms with Crippen LogP contribution in [0.25, 0.3) is 0 Å². The highest BCUT2D eigenvalue weighted by molar-refractivity contribution is 6.32. The second-order valence-electron chi connectivity index (χ2n) is 5.83. The number of halogens is 1. The van der Waals surface area contributed by atoms with E-state index in [4.69, 9.17) is 27.5 Å². The molecule has 0 bridgehead atoms. The van der Waals surface area contributed by atoms with Crippen molar-refractivity contribution in [3.05, 3.63) is 52.5 Å². The molecule has 0 aliphatic carbocycles. The summed E-state index contributed by atoms with van der Waals surface area (Å²) in [5, 5.41) is 5.64. The summed E-state index contributed by atoms with van der Waals surface area (Å²) >= 11 is 6.16. The van der Waals surface area contributed by atoms with Crippen LogP contribution in [0.2, 0.25) is 5.02 Å². The second-order valence-corrected chi connectivity index (χ2v) is 6.24. The van der Waals surface area contributed by atoms with Crippen molar-refractivity contribution < 1.29 is 19.1 Å². The lowest BCUT2D eigenvalue weighted by Crippen LogP contribution is -2.33. The summed E-state index contributed by atoms with van der Waals surface area (Å²) in [6.45, 7) is 0.712. The van der Waals surface area contributed by atoms with Crippen LogP contribution in [-0.2, 0) is 16.0 Å². The van der Waals surface area contributed by atoms with Gasteiger partial charge in [-0.05, 0) is 35.9 Å². The molecule has 1 aliphatic rings. The van der Waals surface area contributed by atoms with Gasteiger partial charge in [-0.2, -0.15) is 0 Å². The lowest BCUT2D eigenvalue weighted by atomic mass is 10.1. The quantitative estimate of drug-likeness (QED) is 0.776. The lowest BCUT2D eigenvalue weighted by molar-refractivity contribution is -0.123. The zero-order valence-corrected chi connectivity index (χ0v) is 15.1. The number of hydrogen-bond acceptors (Lipinski definition) is 4. The zero-order chi connectivity index (χ0) is 19.2. The summed E-state index contributed by atoms with van der Waals surface area (Å²) < 4.78 is 10.9. The maximum atomic E-state index is 12.1. The highest BCUT2D eigenvalue weighted by Gasteiger charge is 2.18. The summed E-state index contributed by atoms with van der Waals surface area (Å²) in [6.07, 6.45) is 5.39. The van der Waals surface area contributed by atoms with E-state index >= 15 is 0 Å². The molecule has 1 aliphatic heterocycles. The number of terminal acetylenes is 1. The van der Waals surface area contributed by atoms with Gasteiger partial charge in [-0.3, -0.25) is 9.59 Å². The zero-order valence-electron chi connectivity index (χ0n) is 14.4. The number of rotatable bonds is 5. The molecule has 3 rings (SSSR count). The molecule has 2 N–H and O–H groups in total. The number of fused-ring (bicyclic) bond motifs is 1. The first kappa shape index (κ1) is 18.6. The van der Waals surface area contributed by atoms with Gasteiger partial charge in [-0.1, -0.05) is 23.6 Å². The van der Waals surface area contributed by atoms with Crippen LogP contribution in [0.4, 0.5) is 5.69 Å². The highest BCUT2D eigenvalue weighted by Crippen LogP contribution is 2.38. The van der Waals surface area contributed by atoms with E-state index in [-0.39, 0.29) is 24.8 Å². The first-order valence-electron chi connectivity index (χ1n) is 8.26. The predicted molar refractivity (Wildman–Crippen MR) is 102 cm³/mol. The largest absolute Gasteiger partial charge is 0.486 e. The first-order valence-corrected chi connectivity index (χ1v) is 8.64. The molecule has 0 fully saturated rings. The van der Waals surface area contributed by atoms with Crippen LogP contribution in [0.15, 0.2) is 36.4 Å². The summed E-state index contributed by atoms with van der Waals surface area (Å²) in [5.41, 5.74) is 1.90. The molecule has 7 heteroatoms. The van der Waals surface area contributed by atoms with Gasteiger partial charge in [0.25, 0.3) is 0 Å². The average Bonchev–Trinajstić information content (AvgIpc) is 2.66. The molecule has 27 heavy (non-hydrogen) atoms. The van der Waals surface area contributed by atoms with E-state index in [0.29, 0.717) is 46.5 Å². The van der Waals surface area contributed by atoms with Gasteiger partial charge in [0.1, 0.15) is 13.2 Å². The van der Waals surface area contributed by atoms with Crippen molar-refractivity contribution in [3.63, 3.8) is 0 Å². The van der Waals surface area contributed by atoms with Gasteiger partial charge in [0.2, 0.25) is 11.8 Å². The molecule has 0 radical (unpaired) electrons. The van der Waals surface area contributed by atoms with Crippen molar-refractivity contribution in [3.8, 4) is 23.8 Å². The van der Waals surface area contributed by atoms with Crippen molar-refractivity contribution in [1.82, 2.24) is 5.32 Å². The molecular formula is C20H17ClN2O4. The molecule has 0 atom stereocenters. The SMILES string of the molecule is C#Cc1cccc(NC(=O)CNC(=O)Cc2cc(Cl)c3c(c2)OCCO3)c1. The molecule has 0 saturated carbocycles. The summed E-state index contributed by atoms with van der Waals surface area (Å²) in [4.78, 5) is 24.1. The Labute approximate surface area is 161 Å². The molecule has 1 heterocycles. The topological polar surface area (TPSA) is 76.7 Å². The molecule has 0 spiro atoms. The number of benzene rings is 2. The van der Waals surface area contributed by atoms with Crippen LogP contribution < -0.4 is 20.1 Å². The van der Waals surface area contributed by atoms with Crippen molar-refractivity contribution in [2.75, 3.05) is 25.1 Å². The van der Waals surface area contributed by atoms with Crippen molar-refractivity contribution in [1.29, 1.82) is 0 Å². The number of anilines is 1. The minimum Gasteiger partial charge on any atom is -0.486 e. The highest BCUT2D eigenvalue weighted by atomic mass is 35.5. The predicted octanol–water partition coefficient (Wildman–Crippen LogP) is 2.39. The van der Waals surface area contributed by atoms with E-state index in [0.717, 1.165) is 0 Å². The number of carbonyl (C=O) groups is 2. The van der Waals surface area contributed by atoms with Gasteiger partial charge >= 0.3 is 0 Å². The number of nitrogens with one attached hydrogen (secondary N) is 2. The van der Waals surface area contributed by atoms with E-state index in [1.165, 1.54) is 0 Å². The third kappa shape index (κ3) is 4.93. The Morgan fingerprint density at radius 3 is 2.78 bits per heavy atom. The van der Waals surface area contributed by atoms with Crippen molar-refractivity contribution in [2.24, 2.45) is 0 Å². The Morgan fingerprint density at radius 1 is 1.15 bits per heavy atom. The number of carbonyl (C=O) groups excluding carboxylic acids is 2. The van der Waals surface area contributed by atoms with Gasteiger partial charge < -0.3 is 20.1 Å². The number of amides is 2. The molecule has 138 valence electrons. The Balaban J connectivity index is 1.53. The van der Waals surface area contributed by atoms with Gasteiger partial charge in [-0.25, -0.2) is 0 Å². The Morgan fingerprint density at radius 2 is 1.96 bits per heavy atom. The van der Waals surface area contributed by atoms with Gasteiger partial charge in [0.05, 0.1) is 18.0 Å². The first-order chi connectivity index (χ1) is 13.0. The Kier molecular flexibility index (Phi) is 5.84. The third-order valence-electron chi connectivity index (χ3n) is 3.78. The van der Waals surface area contributed by atoms with E-state index in [1.54, 1.807) is 36.4 Å². The maximum Gasteiger partial charge on any atom is 0.243 e. The molecular weight excluding hydrogens is 368 g/mol. The van der Waals surface area contributed by atoms with Gasteiger partial charge in [0.15, 0.2) is 11.5 Å². The van der Waals surface area contributed by atoms with Crippen LogP contribution in [0.1, 0.15) is 11.1 Å². The monoisotopic (exact) mass is 384 g/mol. The minimum absolute atomic E-state index is 0.0657. The second kappa shape index (κ2) is 8.47. The van der Waals surface area contributed by atoms with E-state index in [9.17, 15) is 9.59 Å². The molecule has 0 unspecified atom stereocenters. The number of hydrogen-bond donors (Lipinski definition) is 2. The fraction of sp³-hybridized carbons (Fsp3) is 0.200. The molecule has 2 aromatic rings. The average molecular weight is 385 g/mol. The van der Waals surface area contributed by atoms with E-state index < -0.39 is 0 Å². The van der Waals surface area contributed by atoms with Gasteiger partial charge in [0, 0.05) is 11.3 Å². The van der Waals surface area contributed by atoms with Crippen molar-refractivity contribution >= 4 is 29.1 Å². The van der Waals surface area contributed by atoms with Crippen LogP contribution in [0.3, 0.4) is 0 Å². The normalized spacial score (nSPS) is 12.0. The van der Waals surface area contributed by atoms with Crippen molar-refractivity contribution in [2.45, 2.75) is 6.42 Å². The molecule has 2 aromatic carbocycles. The summed E-state index contributed by atoms with van der Waals surface area (Å²) in [5.74, 6) is 2.84. The Bertz CT molecular complexity index is 921. The smallest absolute Gasteiger partial charge is 0.243 e. The van der Waals surface area contributed by atoms with Crippen LogP contribution >= 0.6 is 11.6 Å². The molecule has 0 saturated heterocycles.